The van der Waals surface area contributed by atoms with E-state index < -0.39 is 0 Å². The van der Waals surface area contributed by atoms with Crippen LogP contribution >= 0.6 is 34.2 Å². The first-order chi connectivity index (χ1) is 14.6. The van der Waals surface area contributed by atoms with Gasteiger partial charge < -0.3 is 4.74 Å². The van der Waals surface area contributed by atoms with Gasteiger partial charge in [0.15, 0.2) is 14.7 Å². The van der Waals surface area contributed by atoms with Gasteiger partial charge in [0.05, 0.1) is 20.0 Å². The van der Waals surface area contributed by atoms with Gasteiger partial charge in [0, 0.05) is 5.02 Å². The van der Waals surface area contributed by atoms with Gasteiger partial charge in [-0.1, -0.05) is 48.0 Å². The highest BCUT2D eigenvalue weighted by molar-refractivity contribution is 14.1. The molecule has 0 unspecified atom stereocenters. The monoisotopic (exact) mass is 543 g/mol. The van der Waals surface area contributed by atoms with Crippen molar-refractivity contribution in [3.63, 3.8) is 0 Å². The van der Waals surface area contributed by atoms with Crippen LogP contribution in [0.25, 0.3) is 0 Å². The van der Waals surface area contributed by atoms with E-state index in [4.69, 9.17) is 16.3 Å². The van der Waals surface area contributed by atoms with Crippen LogP contribution in [-0.2, 0) is 10.9 Å². The Hall–Kier alpha value is -2.28. The quantitative estimate of drug-likeness (QED) is 0.115. The highest BCUT2D eigenvalue weighted by Gasteiger charge is 2.28. The summed E-state index contributed by atoms with van der Waals surface area (Å²) in [6, 6.07) is 33.7. The molecule has 0 radical (unpaired) electrons. The molecule has 2 nitrogen and oxygen atoms in total. The molecule has 4 aromatic carbocycles. The molecule has 0 amide bonds. The average Bonchev–Trinajstić information content (AvgIpc) is 2.78. The van der Waals surface area contributed by atoms with E-state index in [1.807, 2.05) is 36.4 Å². The number of rotatable bonds is 5. The first-order valence-electron chi connectivity index (χ1n) is 9.23. The summed E-state index contributed by atoms with van der Waals surface area (Å²) >= 11 is 8.08. The highest BCUT2D eigenvalue weighted by atomic mass is 127. The maximum Gasteiger partial charge on any atom is 0.343 e. The van der Waals surface area contributed by atoms with Crippen LogP contribution in [0.2, 0.25) is 5.02 Å². The third-order valence-corrected chi connectivity index (χ3v) is 7.69. The van der Waals surface area contributed by atoms with Gasteiger partial charge in [0.1, 0.15) is 5.75 Å². The SMILES string of the molecule is O=C(Oc1ccc(Cl)cc1I)c1ccc([S+](c2ccccc2)c2ccccc2)cc1. The van der Waals surface area contributed by atoms with Crippen molar-refractivity contribution in [1.82, 2.24) is 0 Å². The molecule has 148 valence electrons. The minimum atomic E-state index is -0.388. The maximum absolute atomic E-state index is 12.6. The fourth-order valence-electron chi connectivity index (χ4n) is 2.97. The van der Waals surface area contributed by atoms with Crippen molar-refractivity contribution in [3.8, 4) is 5.75 Å². The maximum atomic E-state index is 12.6. The van der Waals surface area contributed by atoms with Gasteiger partial charge in [-0.25, -0.2) is 4.79 Å². The zero-order valence-corrected chi connectivity index (χ0v) is 19.5. The summed E-state index contributed by atoms with van der Waals surface area (Å²) in [7, 11) is -0.248. The second kappa shape index (κ2) is 9.69. The Morgan fingerprint density at radius 2 is 1.27 bits per heavy atom. The molecule has 0 aliphatic heterocycles. The van der Waals surface area contributed by atoms with Crippen LogP contribution in [0.5, 0.6) is 5.75 Å². The summed E-state index contributed by atoms with van der Waals surface area (Å²) in [4.78, 5) is 16.2. The molecule has 0 fully saturated rings. The van der Waals surface area contributed by atoms with Crippen molar-refractivity contribution in [2.45, 2.75) is 14.7 Å². The number of benzene rings is 4. The summed E-state index contributed by atoms with van der Waals surface area (Å²) in [5.74, 6) is 0.114. The number of hydrogen-bond donors (Lipinski definition) is 0. The first kappa shape index (κ1) is 21.0. The molecule has 5 heteroatoms. The van der Waals surface area contributed by atoms with E-state index in [9.17, 15) is 4.79 Å². The van der Waals surface area contributed by atoms with Crippen LogP contribution in [0.4, 0.5) is 0 Å². The van der Waals surface area contributed by atoms with E-state index in [2.05, 4.69) is 71.1 Å². The molecule has 0 heterocycles. The average molecular weight is 544 g/mol. The van der Waals surface area contributed by atoms with Crippen LogP contribution in [0, 0.1) is 3.57 Å². The van der Waals surface area contributed by atoms with Crippen LogP contribution < -0.4 is 4.74 Å². The number of halogens is 2. The van der Waals surface area contributed by atoms with Crippen molar-refractivity contribution in [2.75, 3.05) is 0 Å². The molecule has 30 heavy (non-hydrogen) atoms. The van der Waals surface area contributed by atoms with Gasteiger partial charge in [-0.15, -0.1) is 0 Å². The van der Waals surface area contributed by atoms with Crippen molar-refractivity contribution in [1.29, 1.82) is 0 Å². The van der Waals surface area contributed by atoms with Gasteiger partial charge in [-0.2, -0.15) is 0 Å². The summed E-state index contributed by atoms with van der Waals surface area (Å²) < 4.78 is 6.34. The molecule has 0 saturated heterocycles. The second-order valence-corrected chi connectivity index (χ2v) is 10.0. The summed E-state index contributed by atoms with van der Waals surface area (Å²) in [5, 5.41) is 0.609. The summed E-state index contributed by atoms with van der Waals surface area (Å²) in [5.41, 5.74) is 0.508. The number of ether oxygens (including phenoxy) is 1. The molecule has 0 bridgehead atoms. The fraction of sp³-hybridized carbons (Fsp3) is 0. The van der Waals surface area contributed by atoms with Crippen LogP contribution in [0.15, 0.2) is 118 Å². The topological polar surface area (TPSA) is 26.3 Å². The summed E-state index contributed by atoms with van der Waals surface area (Å²) in [6.45, 7) is 0. The lowest BCUT2D eigenvalue weighted by Crippen LogP contribution is -2.10. The Bertz CT molecular complexity index is 1110. The van der Waals surface area contributed by atoms with E-state index in [0.29, 0.717) is 16.3 Å². The van der Waals surface area contributed by atoms with E-state index >= 15 is 0 Å². The normalized spacial score (nSPS) is 10.8. The smallest absolute Gasteiger partial charge is 0.343 e. The predicted molar refractivity (Wildman–Crippen MR) is 131 cm³/mol. The lowest BCUT2D eigenvalue weighted by molar-refractivity contribution is 0.0733. The minimum Gasteiger partial charge on any atom is -0.422 e. The van der Waals surface area contributed by atoms with E-state index in [0.717, 1.165) is 8.47 Å². The lowest BCUT2D eigenvalue weighted by atomic mass is 10.2. The van der Waals surface area contributed by atoms with Crippen LogP contribution in [0.1, 0.15) is 10.4 Å². The molecule has 0 saturated carbocycles. The van der Waals surface area contributed by atoms with Crippen molar-refractivity contribution in [2.24, 2.45) is 0 Å². The Morgan fingerprint density at radius 3 is 1.80 bits per heavy atom. The Kier molecular flexibility index (Phi) is 6.77. The van der Waals surface area contributed by atoms with Gasteiger partial charge in [0.25, 0.3) is 0 Å². The Morgan fingerprint density at radius 1 is 0.733 bits per heavy atom. The van der Waals surface area contributed by atoms with Gasteiger partial charge in [0.2, 0.25) is 0 Å². The molecule has 0 aliphatic carbocycles. The van der Waals surface area contributed by atoms with Crippen LogP contribution in [-0.4, -0.2) is 5.97 Å². The third-order valence-electron chi connectivity index (χ3n) is 4.38. The van der Waals surface area contributed by atoms with Crippen molar-refractivity contribution >= 4 is 51.1 Å². The fourth-order valence-corrected chi connectivity index (χ4v) is 6.03. The van der Waals surface area contributed by atoms with Crippen molar-refractivity contribution in [3.05, 3.63) is 117 Å². The molecule has 0 spiro atoms. The molecule has 0 N–H and O–H groups in total. The zero-order chi connectivity index (χ0) is 20.9. The number of esters is 1. The standard InChI is InChI=1S/C25H17ClIO2S/c26-19-13-16-24(23(27)17-19)29-25(28)18-11-14-22(15-12-18)30(20-7-3-1-4-8-20)21-9-5-2-6-10-21/h1-17H/q+1. The van der Waals surface area contributed by atoms with E-state index in [-0.39, 0.29) is 16.9 Å². The van der Waals surface area contributed by atoms with E-state index in [1.165, 1.54) is 9.79 Å². The molecular weight excluding hydrogens is 527 g/mol. The third kappa shape index (κ3) is 4.89. The lowest BCUT2D eigenvalue weighted by Gasteiger charge is -2.09. The molecule has 0 aliphatic rings. The van der Waals surface area contributed by atoms with Gasteiger partial charge in [-0.3, -0.25) is 0 Å². The second-order valence-electron chi connectivity index (χ2n) is 6.42. The van der Waals surface area contributed by atoms with Gasteiger partial charge >= 0.3 is 5.97 Å². The molecule has 4 aromatic rings. The Labute approximate surface area is 197 Å². The summed E-state index contributed by atoms with van der Waals surface area (Å²) in [6.07, 6.45) is 0. The molecule has 0 aromatic heterocycles. The first-order valence-corrected chi connectivity index (χ1v) is 11.9. The van der Waals surface area contributed by atoms with Crippen molar-refractivity contribution < 1.29 is 9.53 Å². The number of carbonyl (C=O) groups is 1. The number of carbonyl (C=O) groups excluding carboxylic acids is 1. The largest absolute Gasteiger partial charge is 0.422 e. The molecule has 0 atom stereocenters. The molecule has 4 rings (SSSR count). The van der Waals surface area contributed by atoms with Gasteiger partial charge in [-0.05, 0) is 89.3 Å². The van der Waals surface area contributed by atoms with E-state index in [1.54, 1.807) is 18.2 Å². The highest BCUT2D eigenvalue weighted by Crippen LogP contribution is 2.31. The van der Waals surface area contributed by atoms with Crippen LogP contribution in [0.3, 0.4) is 0 Å². The number of hydrogen-bond acceptors (Lipinski definition) is 2. The Balaban J connectivity index is 1.61. The minimum absolute atomic E-state index is 0.248. The predicted octanol–water partition coefficient (Wildman–Crippen LogP) is 7.26. The zero-order valence-electron chi connectivity index (χ0n) is 15.8. The molecular formula is C25H17ClIO2S+.